The number of hydroxylamine groups is 2. The van der Waals surface area contributed by atoms with Gasteiger partial charge in [-0.1, -0.05) is 0 Å². The third kappa shape index (κ3) is 2.96. The van der Waals surface area contributed by atoms with Gasteiger partial charge in [0.15, 0.2) is 0 Å². The SMILES string of the molecule is CC(C)N(C)OCN. The fourth-order valence-electron chi connectivity index (χ4n) is 0.267. The van der Waals surface area contributed by atoms with Crippen LogP contribution in [-0.4, -0.2) is 24.9 Å². The second-order valence-corrected chi connectivity index (χ2v) is 1.94. The molecule has 0 saturated heterocycles. The second kappa shape index (κ2) is 3.83. The number of nitrogens with zero attached hydrogens (tertiary/aromatic N) is 1. The fourth-order valence-corrected chi connectivity index (χ4v) is 0.267. The molecule has 0 saturated carbocycles. The van der Waals surface area contributed by atoms with Gasteiger partial charge in [-0.05, 0) is 13.8 Å². The lowest BCUT2D eigenvalue weighted by atomic mass is 10.4. The molecule has 8 heavy (non-hydrogen) atoms. The lowest BCUT2D eigenvalue weighted by Gasteiger charge is -2.18. The van der Waals surface area contributed by atoms with Crippen molar-refractivity contribution in [3.8, 4) is 0 Å². The first-order valence-corrected chi connectivity index (χ1v) is 2.74. The second-order valence-electron chi connectivity index (χ2n) is 1.94. The average molecular weight is 118 g/mol. The topological polar surface area (TPSA) is 38.5 Å². The fraction of sp³-hybridized carbons (Fsp3) is 1.00. The summed E-state index contributed by atoms with van der Waals surface area (Å²) < 4.78 is 0. The molecule has 0 rings (SSSR count). The average Bonchev–Trinajstić information content (AvgIpc) is 1.67. The van der Waals surface area contributed by atoms with Gasteiger partial charge < -0.3 is 5.73 Å². The van der Waals surface area contributed by atoms with Gasteiger partial charge in [-0.3, -0.25) is 4.84 Å². The Morgan fingerprint density at radius 3 is 2.25 bits per heavy atom. The van der Waals surface area contributed by atoms with Crippen LogP contribution in [0.15, 0.2) is 0 Å². The third-order valence-electron chi connectivity index (χ3n) is 1.01. The van der Waals surface area contributed by atoms with Crippen LogP contribution < -0.4 is 5.73 Å². The van der Waals surface area contributed by atoms with Gasteiger partial charge in [0.25, 0.3) is 0 Å². The molecule has 0 aromatic heterocycles. The monoisotopic (exact) mass is 118 g/mol. The van der Waals surface area contributed by atoms with E-state index in [1.165, 1.54) is 0 Å². The lowest BCUT2D eigenvalue weighted by Crippen LogP contribution is -2.29. The zero-order valence-corrected chi connectivity index (χ0v) is 5.72. The molecule has 3 heteroatoms. The normalized spacial score (nSPS) is 11.2. The van der Waals surface area contributed by atoms with Crippen LogP contribution >= 0.6 is 0 Å². The maximum atomic E-state index is 5.10. The van der Waals surface area contributed by atoms with Crippen LogP contribution in [0.25, 0.3) is 0 Å². The summed E-state index contributed by atoms with van der Waals surface area (Å²) in [6.07, 6.45) is 0. The summed E-state index contributed by atoms with van der Waals surface area (Å²) in [4.78, 5) is 4.91. The molecule has 0 spiro atoms. The minimum absolute atomic E-state index is 0.259. The van der Waals surface area contributed by atoms with Crippen molar-refractivity contribution in [1.82, 2.24) is 5.06 Å². The van der Waals surface area contributed by atoms with Gasteiger partial charge in [-0.25, -0.2) is 0 Å². The van der Waals surface area contributed by atoms with Crippen LogP contribution in [0.5, 0.6) is 0 Å². The highest BCUT2D eigenvalue weighted by Crippen LogP contribution is 1.91. The van der Waals surface area contributed by atoms with E-state index < -0.39 is 0 Å². The Hall–Kier alpha value is -0.120. The van der Waals surface area contributed by atoms with Crippen LogP contribution in [-0.2, 0) is 4.84 Å². The van der Waals surface area contributed by atoms with E-state index >= 15 is 0 Å². The Morgan fingerprint density at radius 1 is 1.62 bits per heavy atom. The van der Waals surface area contributed by atoms with E-state index in [-0.39, 0.29) is 6.73 Å². The van der Waals surface area contributed by atoms with E-state index in [4.69, 9.17) is 10.6 Å². The molecule has 0 heterocycles. The Kier molecular flexibility index (Phi) is 3.77. The molecule has 0 atom stereocenters. The molecule has 2 N–H and O–H groups in total. The third-order valence-corrected chi connectivity index (χ3v) is 1.01. The summed E-state index contributed by atoms with van der Waals surface area (Å²) in [6, 6.07) is 0.401. The van der Waals surface area contributed by atoms with Gasteiger partial charge in [0.05, 0.1) is 0 Å². The molecule has 0 radical (unpaired) electrons. The first kappa shape index (κ1) is 7.88. The molecule has 0 bridgehead atoms. The summed E-state index contributed by atoms with van der Waals surface area (Å²) in [7, 11) is 1.86. The molecule has 0 aromatic rings. The first-order valence-electron chi connectivity index (χ1n) is 2.74. The Labute approximate surface area is 50.4 Å². The van der Waals surface area contributed by atoms with E-state index in [2.05, 4.69) is 0 Å². The predicted octanol–water partition coefficient (Wildman–Crippen LogP) is 0.174. The molecule has 0 aliphatic rings. The van der Waals surface area contributed by atoms with Crippen molar-refractivity contribution in [2.75, 3.05) is 13.8 Å². The van der Waals surface area contributed by atoms with E-state index in [0.717, 1.165) is 0 Å². The van der Waals surface area contributed by atoms with Gasteiger partial charge in [-0.15, -0.1) is 0 Å². The Morgan fingerprint density at radius 2 is 2.12 bits per heavy atom. The van der Waals surface area contributed by atoms with E-state index in [0.29, 0.717) is 6.04 Å². The van der Waals surface area contributed by atoms with Gasteiger partial charge >= 0.3 is 0 Å². The Balaban J connectivity index is 3.17. The molecule has 0 aromatic carbocycles. The van der Waals surface area contributed by atoms with E-state index in [9.17, 15) is 0 Å². The number of hydrogen-bond donors (Lipinski definition) is 1. The number of hydrogen-bond acceptors (Lipinski definition) is 3. The molecule has 3 nitrogen and oxygen atoms in total. The smallest absolute Gasteiger partial charge is 0.116 e. The molecule has 0 fully saturated rings. The Bertz CT molecular complexity index is 56.4. The van der Waals surface area contributed by atoms with Crippen molar-refractivity contribution in [3.05, 3.63) is 0 Å². The summed E-state index contributed by atoms with van der Waals surface area (Å²) in [5, 5.41) is 1.72. The van der Waals surface area contributed by atoms with Crippen LogP contribution in [0.3, 0.4) is 0 Å². The van der Waals surface area contributed by atoms with E-state index in [1.54, 1.807) is 5.06 Å². The van der Waals surface area contributed by atoms with Gasteiger partial charge in [0.2, 0.25) is 0 Å². The minimum atomic E-state index is 0.259. The summed E-state index contributed by atoms with van der Waals surface area (Å²) in [5.41, 5.74) is 5.10. The summed E-state index contributed by atoms with van der Waals surface area (Å²) in [6.45, 7) is 4.33. The quantitative estimate of drug-likeness (QED) is 0.424. The maximum absolute atomic E-state index is 5.10. The molecule has 0 unspecified atom stereocenters. The van der Waals surface area contributed by atoms with Gasteiger partial charge in [0, 0.05) is 13.1 Å². The van der Waals surface area contributed by atoms with Crippen molar-refractivity contribution in [2.45, 2.75) is 19.9 Å². The van der Waals surface area contributed by atoms with Gasteiger partial charge in [-0.2, -0.15) is 5.06 Å². The minimum Gasteiger partial charge on any atom is -0.307 e. The standard InChI is InChI=1S/C5H14N2O/c1-5(2)7(3)8-4-6/h5H,4,6H2,1-3H3. The van der Waals surface area contributed by atoms with Crippen molar-refractivity contribution in [1.29, 1.82) is 0 Å². The predicted molar refractivity (Wildman–Crippen MR) is 33.0 cm³/mol. The molecular formula is C5H14N2O. The van der Waals surface area contributed by atoms with E-state index in [1.807, 2.05) is 20.9 Å². The van der Waals surface area contributed by atoms with Crippen LogP contribution in [0.1, 0.15) is 13.8 Å². The van der Waals surface area contributed by atoms with Crippen molar-refractivity contribution < 1.29 is 4.84 Å². The van der Waals surface area contributed by atoms with Crippen LogP contribution in [0.4, 0.5) is 0 Å². The highest BCUT2D eigenvalue weighted by molar-refractivity contribution is 4.42. The summed E-state index contributed by atoms with van der Waals surface area (Å²) in [5.74, 6) is 0. The lowest BCUT2D eigenvalue weighted by molar-refractivity contribution is -0.157. The molecular weight excluding hydrogens is 104 g/mol. The molecule has 50 valence electrons. The number of rotatable bonds is 3. The van der Waals surface area contributed by atoms with Crippen LogP contribution in [0.2, 0.25) is 0 Å². The highest BCUT2D eigenvalue weighted by atomic mass is 16.7. The molecule has 0 aliphatic carbocycles. The summed E-state index contributed by atoms with van der Waals surface area (Å²) >= 11 is 0. The molecule has 0 amide bonds. The zero-order chi connectivity index (χ0) is 6.57. The van der Waals surface area contributed by atoms with Crippen molar-refractivity contribution in [2.24, 2.45) is 5.73 Å². The first-order chi connectivity index (χ1) is 3.68. The largest absolute Gasteiger partial charge is 0.307 e. The van der Waals surface area contributed by atoms with Crippen LogP contribution in [0, 0.1) is 0 Å². The van der Waals surface area contributed by atoms with Crippen molar-refractivity contribution >= 4 is 0 Å². The molecule has 0 aliphatic heterocycles. The van der Waals surface area contributed by atoms with Crippen molar-refractivity contribution in [3.63, 3.8) is 0 Å². The van der Waals surface area contributed by atoms with Gasteiger partial charge in [0.1, 0.15) is 6.73 Å². The maximum Gasteiger partial charge on any atom is 0.116 e. The zero-order valence-electron chi connectivity index (χ0n) is 5.72. The number of nitrogens with two attached hydrogens (primary N) is 1. The highest BCUT2D eigenvalue weighted by Gasteiger charge is 1.99.